The second-order valence-corrected chi connectivity index (χ2v) is 7.23. The number of nitrogens with zero attached hydrogens (tertiary/aromatic N) is 2. The Kier molecular flexibility index (Phi) is 5.95. The van der Waals surface area contributed by atoms with Crippen molar-refractivity contribution in [2.75, 3.05) is 26.2 Å². The fraction of sp³-hybridized carbons (Fsp3) is 0.600. The third-order valence-electron chi connectivity index (χ3n) is 5.38. The Hall–Kier alpha value is -2.04. The van der Waals surface area contributed by atoms with E-state index in [1.807, 2.05) is 41.0 Å². The summed E-state index contributed by atoms with van der Waals surface area (Å²) in [4.78, 5) is 29.1. The van der Waals surface area contributed by atoms with Crippen LogP contribution in [-0.4, -0.2) is 54.0 Å². The zero-order chi connectivity index (χ0) is 17.6. The van der Waals surface area contributed by atoms with Crippen molar-refractivity contribution in [2.24, 2.45) is 0 Å². The van der Waals surface area contributed by atoms with E-state index in [0.29, 0.717) is 25.7 Å². The summed E-state index contributed by atoms with van der Waals surface area (Å²) < 4.78 is 0. The first-order valence-electron chi connectivity index (χ1n) is 9.55. The van der Waals surface area contributed by atoms with Crippen molar-refractivity contribution in [3.8, 4) is 0 Å². The van der Waals surface area contributed by atoms with Crippen LogP contribution in [0.2, 0.25) is 0 Å². The van der Waals surface area contributed by atoms with Crippen molar-refractivity contribution >= 4 is 11.9 Å². The summed E-state index contributed by atoms with van der Waals surface area (Å²) in [6, 6.07) is 8.07. The van der Waals surface area contributed by atoms with E-state index in [-0.39, 0.29) is 11.9 Å². The molecule has 5 nitrogen and oxygen atoms in total. The highest BCUT2D eigenvalue weighted by Gasteiger charge is 2.25. The Morgan fingerprint density at radius 2 is 1.60 bits per heavy atom. The number of hydrogen-bond acceptors (Lipinski definition) is 2. The lowest BCUT2D eigenvalue weighted by Crippen LogP contribution is -2.47. The summed E-state index contributed by atoms with van der Waals surface area (Å²) >= 11 is 0. The normalized spacial score (nSPS) is 19.4. The minimum Gasteiger partial charge on any atom is -0.337 e. The van der Waals surface area contributed by atoms with E-state index in [0.717, 1.165) is 36.9 Å². The summed E-state index contributed by atoms with van der Waals surface area (Å²) in [5.74, 6) is 0.0765. The van der Waals surface area contributed by atoms with Crippen molar-refractivity contribution in [1.29, 1.82) is 0 Å². The first-order chi connectivity index (χ1) is 12.1. The number of rotatable bonds is 2. The molecule has 1 aromatic rings. The lowest BCUT2D eigenvalue weighted by molar-refractivity contribution is 0.0761. The van der Waals surface area contributed by atoms with Gasteiger partial charge in [0.25, 0.3) is 5.91 Å². The van der Waals surface area contributed by atoms with Gasteiger partial charge in [-0.1, -0.05) is 37.5 Å². The molecule has 0 atom stereocenters. The van der Waals surface area contributed by atoms with Crippen LogP contribution in [0.15, 0.2) is 24.3 Å². The van der Waals surface area contributed by atoms with E-state index >= 15 is 0 Å². The molecular formula is C20H29N3O2. The van der Waals surface area contributed by atoms with E-state index < -0.39 is 0 Å². The van der Waals surface area contributed by atoms with Crippen LogP contribution in [0, 0.1) is 6.92 Å². The van der Waals surface area contributed by atoms with Gasteiger partial charge in [0, 0.05) is 37.8 Å². The maximum atomic E-state index is 12.8. The van der Waals surface area contributed by atoms with Crippen LogP contribution in [-0.2, 0) is 0 Å². The number of urea groups is 1. The highest BCUT2D eigenvalue weighted by atomic mass is 16.2. The SMILES string of the molecule is Cc1ccccc1C(=O)N1CCCN(C(=O)NC2CCCCC2)CC1. The molecule has 2 fully saturated rings. The van der Waals surface area contributed by atoms with Crippen LogP contribution in [0.1, 0.15) is 54.4 Å². The number of amides is 3. The Balaban J connectivity index is 1.55. The zero-order valence-electron chi connectivity index (χ0n) is 15.2. The highest BCUT2D eigenvalue weighted by molar-refractivity contribution is 5.95. The minimum atomic E-state index is 0.0390. The second-order valence-electron chi connectivity index (χ2n) is 7.23. The summed E-state index contributed by atoms with van der Waals surface area (Å²) in [6.07, 6.45) is 6.73. The van der Waals surface area contributed by atoms with E-state index in [1.165, 1.54) is 19.3 Å². The second kappa shape index (κ2) is 8.37. The van der Waals surface area contributed by atoms with Crippen LogP contribution in [0.4, 0.5) is 4.79 Å². The molecule has 1 aliphatic carbocycles. The molecule has 0 spiro atoms. The monoisotopic (exact) mass is 343 g/mol. The summed E-state index contributed by atoms with van der Waals surface area (Å²) in [6.45, 7) is 4.60. The fourth-order valence-electron chi connectivity index (χ4n) is 3.82. The number of benzene rings is 1. The number of carbonyl (C=O) groups excluding carboxylic acids is 2. The van der Waals surface area contributed by atoms with Gasteiger partial charge in [0.1, 0.15) is 0 Å². The summed E-state index contributed by atoms with van der Waals surface area (Å²) in [7, 11) is 0. The van der Waals surface area contributed by atoms with Gasteiger partial charge in [0.2, 0.25) is 0 Å². The maximum Gasteiger partial charge on any atom is 0.317 e. The van der Waals surface area contributed by atoms with Crippen molar-refractivity contribution in [3.05, 3.63) is 35.4 Å². The van der Waals surface area contributed by atoms with Gasteiger partial charge in [0.15, 0.2) is 0 Å². The molecule has 1 heterocycles. The van der Waals surface area contributed by atoms with E-state index in [4.69, 9.17) is 0 Å². The fourth-order valence-corrected chi connectivity index (χ4v) is 3.82. The molecule has 1 saturated carbocycles. The first-order valence-corrected chi connectivity index (χ1v) is 9.55. The molecule has 1 saturated heterocycles. The van der Waals surface area contributed by atoms with E-state index in [2.05, 4.69) is 5.32 Å². The molecule has 136 valence electrons. The minimum absolute atomic E-state index is 0.0390. The van der Waals surface area contributed by atoms with Gasteiger partial charge in [-0.2, -0.15) is 0 Å². The summed E-state index contributed by atoms with van der Waals surface area (Å²) in [5, 5.41) is 3.18. The Labute approximate surface area is 150 Å². The molecule has 2 aliphatic rings. The lowest BCUT2D eigenvalue weighted by atomic mass is 9.96. The molecule has 1 aliphatic heterocycles. The highest BCUT2D eigenvalue weighted by Crippen LogP contribution is 2.18. The Bertz CT molecular complexity index is 611. The van der Waals surface area contributed by atoms with Gasteiger partial charge >= 0.3 is 6.03 Å². The van der Waals surface area contributed by atoms with Crippen LogP contribution in [0.25, 0.3) is 0 Å². The molecular weight excluding hydrogens is 314 g/mol. The van der Waals surface area contributed by atoms with Crippen LogP contribution < -0.4 is 5.32 Å². The maximum absolute atomic E-state index is 12.8. The van der Waals surface area contributed by atoms with Gasteiger partial charge < -0.3 is 15.1 Å². The molecule has 25 heavy (non-hydrogen) atoms. The molecule has 5 heteroatoms. The average Bonchev–Trinajstić information content (AvgIpc) is 2.89. The smallest absolute Gasteiger partial charge is 0.317 e. The van der Waals surface area contributed by atoms with Crippen molar-refractivity contribution in [2.45, 2.75) is 51.5 Å². The van der Waals surface area contributed by atoms with Crippen LogP contribution >= 0.6 is 0 Å². The number of carbonyl (C=O) groups is 2. The quantitative estimate of drug-likeness (QED) is 0.897. The third kappa shape index (κ3) is 4.53. The van der Waals surface area contributed by atoms with Crippen molar-refractivity contribution < 1.29 is 9.59 Å². The number of nitrogens with one attached hydrogen (secondary N) is 1. The first kappa shape index (κ1) is 17.8. The molecule has 3 amide bonds. The number of hydrogen-bond donors (Lipinski definition) is 1. The largest absolute Gasteiger partial charge is 0.337 e. The number of aryl methyl sites for hydroxylation is 1. The predicted molar refractivity (Wildman–Crippen MR) is 98.7 cm³/mol. The zero-order valence-corrected chi connectivity index (χ0v) is 15.2. The van der Waals surface area contributed by atoms with Gasteiger partial charge in [-0.15, -0.1) is 0 Å². The molecule has 0 unspecified atom stereocenters. The van der Waals surface area contributed by atoms with Crippen molar-refractivity contribution in [3.63, 3.8) is 0 Å². The molecule has 1 N–H and O–H groups in total. The van der Waals surface area contributed by atoms with Gasteiger partial charge in [-0.3, -0.25) is 4.79 Å². The van der Waals surface area contributed by atoms with Crippen LogP contribution in [0.5, 0.6) is 0 Å². The van der Waals surface area contributed by atoms with E-state index in [9.17, 15) is 9.59 Å². The third-order valence-corrected chi connectivity index (χ3v) is 5.38. The molecule has 0 bridgehead atoms. The van der Waals surface area contributed by atoms with E-state index in [1.54, 1.807) is 0 Å². The molecule has 0 aromatic heterocycles. The Morgan fingerprint density at radius 1 is 0.920 bits per heavy atom. The Morgan fingerprint density at radius 3 is 2.36 bits per heavy atom. The average molecular weight is 343 g/mol. The summed E-state index contributed by atoms with van der Waals surface area (Å²) in [5.41, 5.74) is 1.77. The molecule has 1 aromatic carbocycles. The van der Waals surface area contributed by atoms with Crippen LogP contribution in [0.3, 0.4) is 0 Å². The lowest BCUT2D eigenvalue weighted by Gasteiger charge is -2.27. The van der Waals surface area contributed by atoms with Gasteiger partial charge in [0.05, 0.1) is 0 Å². The standard InChI is InChI=1S/C20H29N3O2/c1-16-8-5-6-11-18(16)19(24)22-12-7-13-23(15-14-22)20(25)21-17-9-3-2-4-10-17/h5-6,8,11,17H,2-4,7,9-10,12-15H2,1H3,(H,21,25). The van der Waals surface area contributed by atoms with Gasteiger partial charge in [-0.25, -0.2) is 4.79 Å². The predicted octanol–water partition coefficient (Wildman–Crippen LogP) is 3.19. The topological polar surface area (TPSA) is 52.7 Å². The van der Waals surface area contributed by atoms with Crippen molar-refractivity contribution in [1.82, 2.24) is 15.1 Å². The van der Waals surface area contributed by atoms with Gasteiger partial charge in [-0.05, 0) is 37.8 Å². The molecule has 0 radical (unpaired) electrons. The molecule has 3 rings (SSSR count).